The van der Waals surface area contributed by atoms with Crippen LogP contribution in [0.15, 0.2) is 17.0 Å². The fraction of sp³-hybridized carbons (Fsp3) is 0. The van der Waals surface area contributed by atoms with E-state index in [0.717, 1.165) is 12.1 Å². The van der Waals surface area contributed by atoms with E-state index in [1.165, 1.54) is 0 Å². The van der Waals surface area contributed by atoms with E-state index < -0.39 is 35.8 Å². The van der Waals surface area contributed by atoms with Crippen molar-refractivity contribution in [3.8, 4) is 0 Å². The third-order valence-corrected chi connectivity index (χ3v) is 3.58. The van der Waals surface area contributed by atoms with E-state index in [4.69, 9.17) is 0 Å². The molecule has 0 saturated carbocycles. The van der Waals surface area contributed by atoms with Crippen molar-refractivity contribution in [3.63, 3.8) is 0 Å². The molecule has 0 spiro atoms. The van der Waals surface area contributed by atoms with Crippen LogP contribution in [0.1, 0.15) is 0 Å². The molecule has 0 amide bonds. The molecule has 0 fully saturated rings. The van der Waals surface area contributed by atoms with Gasteiger partial charge in [-0.1, -0.05) is 0 Å². The van der Waals surface area contributed by atoms with Crippen molar-refractivity contribution in [2.45, 2.75) is 4.90 Å². The first-order chi connectivity index (χ1) is 6.50. The molecular weight excluding hydrogens is 278 g/mol. The first kappa shape index (κ1) is 9.72. The van der Waals surface area contributed by atoms with Crippen LogP contribution in [-0.4, -0.2) is 35.9 Å². The number of rotatable bonds is 1. The van der Waals surface area contributed by atoms with Crippen LogP contribution >= 0.6 is 0 Å². The van der Waals surface area contributed by atoms with Crippen LogP contribution in [0.25, 0.3) is 11.0 Å². The van der Waals surface area contributed by atoms with Crippen LogP contribution in [0.2, 0.25) is 0 Å². The van der Waals surface area contributed by atoms with Crippen LogP contribution in [0.3, 0.4) is 0 Å². The molecule has 0 aliphatic rings. The standard InChI is InChI=1S/C6H3FN2O3SSe/c7-3-1-2-4(13(10,11)12)6-5(3)8-14-9-6/h1-2H,(H,10,11,12)/p-1. The second-order valence-corrected chi connectivity index (χ2v) is 4.92. The van der Waals surface area contributed by atoms with Gasteiger partial charge in [0.1, 0.15) is 0 Å². The van der Waals surface area contributed by atoms with Crippen molar-refractivity contribution in [1.29, 1.82) is 0 Å². The number of hydrogen-bond donors (Lipinski definition) is 0. The first-order valence-corrected chi connectivity index (χ1v) is 6.31. The quantitative estimate of drug-likeness (QED) is 0.530. The van der Waals surface area contributed by atoms with Crippen LogP contribution < -0.4 is 0 Å². The van der Waals surface area contributed by atoms with Crippen LogP contribution in [-0.2, 0) is 10.1 Å². The van der Waals surface area contributed by atoms with Gasteiger partial charge in [0.15, 0.2) is 0 Å². The molecule has 0 aliphatic carbocycles. The zero-order valence-electron chi connectivity index (χ0n) is 6.47. The molecule has 14 heavy (non-hydrogen) atoms. The Kier molecular flexibility index (Phi) is 2.15. The predicted molar refractivity (Wildman–Crippen MR) is 44.4 cm³/mol. The molecule has 2 rings (SSSR count). The normalized spacial score (nSPS) is 12.1. The van der Waals surface area contributed by atoms with Gasteiger partial charge in [-0.15, -0.1) is 0 Å². The van der Waals surface area contributed by atoms with E-state index in [2.05, 4.69) is 7.96 Å². The molecule has 0 unspecified atom stereocenters. The molecule has 1 aromatic carbocycles. The number of hydrogen-bond acceptors (Lipinski definition) is 5. The molecule has 0 aliphatic heterocycles. The summed E-state index contributed by atoms with van der Waals surface area (Å²) in [7, 11) is -4.61. The van der Waals surface area contributed by atoms with Gasteiger partial charge in [0.05, 0.1) is 0 Å². The summed E-state index contributed by atoms with van der Waals surface area (Å²) in [5, 5.41) is 0. The molecule has 74 valence electrons. The molecule has 1 heterocycles. The van der Waals surface area contributed by atoms with E-state index in [-0.39, 0.29) is 11.0 Å². The molecule has 0 bridgehead atoms. The van der Waals surface area contributed by atoms with Crippen molar-refractivity contribution in [1.82, 2.24) is 7.96 Å². The molecule has 5 nitrogen and oxygen atoms in total. The van der Waals surface area contributed by atoms with E-state index in [9.17, 15) is 17.4 Å². The van der Waals surface area contributed by atoms with Gasteiger partial charge in [-0.05, 0) is 0 Å². The van der Waals surface area contributed by atoms with Crippen molar-refractivity contribution >= 4 is 36.1 Å². The van der Waals surface area contributed by atoms with Crippen LogP contribution in [0.5, 0.6) is 0 Å². The summed E-state index contributed by atoms with van der Waals surface area (Å²) in [6, 6.07) is 1.82. The number of benzene rings is 1. The van der Waals surface area contributed by atoms with E-state index >= 15 is 0 Å². The summed E-state index contributed by atoms with van der Waals surface area (Å²) >= 11 is -0.566. The van der Waals surface area contributed by atoms with Gasteiger partial charge in [-0.3, -0.25) is 0 Å². The maximum atomic E-state index is 13.0. The van der Waals surface area contributed by atoms with Gasteiger partial charge in [0, 0.05) is 0 Å². The van der Waals surface area contributed by atoms with Gasteiger partial charge >= 0.3 is 84.3 Å². The van der Waals surface area contributed by atoms with Crippen LogP contribution in [0.4, 0.5) is 4.39 Å². The van der Waals surface area contributed by atoms with Crippen molar-refractivity contribution in [2.75, 3.05) is 0 Å². The van der Waals surface area contributed by atoms with Gasteiger partial charge in [0.2, 0.25) is 0 Å². The second kappa shape index (κ2) is 3.09. The molecule has 1 aromatic heterocycles. The molecule has 0 atom stereocenters. The summed E-state index contributed by atoms with van der Waals surface area (Å²) in [4.78, 5) is -0.503. The summed E-state index contributed by atoms with van der Waals surface area (Å²) in [5.74, 6) is -0.657. The van der Waals surface area contributed by atoms with Crippen molar-refractivity contribution < 1.29 is 17.4 Å². The summed E-state index contributed by atoms with van der Waals surface area (Å²) < 4.78 is 52.6. The summed E-state index contributed by atoms with van der Waals surface area (Å²) in [6.45, 7) is 0. The number of nitrogens with zero attached hydrogens (tertiary/aromatic N) is 2. The van der Waals surface area contributed by atoms with Gasteiger partial charge < -0.3 is 0 Å². The second-order valence-electron chi connectivity index (χ2n) is 2.46. The Morgan fingerprint density at radius 1 is 1.29 bits per heavy atom. The Labute approximate surface area is 84.5 Å². The molecule has 0 saturated heterocycles. The average molecular weight is 280 g/mol. The zero-order valence-corrected chi connectivity index (χ0v) is 9.00. The minimum absolute atomic E-state index is 0.123. The number of fused-ring (bicyclic) bond motifs is 1. The fourth-order valence-electron chi connectivity index (χ4n) is 1.02. The molecule has 2 aromatic rings. The average Bonchev–Trinajstić information content (AvgIpc) is 2.50. The summed E-state index contributed by atoms with van der Waals surface area (Å²) in [6.07, 6.45) is 0. The summed E-state index contributed by atoms with van der Waals surface area (Å²) in [5.41, 5.74) is -0.262. The van der Waals surface area contributed by atoms with E-state index in [1.54, 1.807) is 0 Å². The third kappa shape index (κ3) is 1.46. The zero-order chi connectivity index (χ0) is 10.3. The first-order valence-electron chi connectivity index (χ1n) is 3.37. The van der Waals surface area contributed by atoms with Gasteiger partial charge in [-0.25, -0.2) is 0 Å². The molecule has 8 heteroatoms. The van der Waals surface area contributed by atoms with E-state index in [1.807, 2.05) is 0 Å². The molecular formula is C6H2FN2O3SSe-. The Balaban J connectivity index is 2.93. The van der Waals surface area contributed by atoms with Crippen molar-refractivity contribution in [3.05, 3.63) is 17.9 Å². The van der Waals surface area contributed by atoms with Crippen molar-refractivity contribution in [2.24, 2.45) is 0 Å². The number of aromatic nitrogens is 2. The van der Waals surface area contributed by atoms with E-state index in [0.29, 0.717) is 0 Å². The topological polar surface area (TPSA) is 83.0 Å². The Morgan fingerprint density at radius 3 is 2.57 bits per heavy atom. The fourth-order valence-corrected chi connectivity index (χ4v) is 2.94. The Bertz CT molecular complexity index is 594. The third-order valence-electron chi connectivity index (χ3n) is 1.60. The molecule has 0 radical (unpaired) electrons. The number of halogens is 1. The predicted octanol–water partition coefficient (Wildman–Crippen LogP) is -0.270. The minimum atomic E-state index is -4.61. The van der Waals surface area contributed by atoms with Crippen LogP contribution in [0, 0.1) is 5.82 Å². The monoisotopic (exact) mass is 281 g/mol. The maximum absolute atomic E-state index is 13.0. The Morgan fingerprint density at radius 2 is 1.93 bits per heavy atom. The SMILES string of the molecule is O=S(=O)([O-])c1ccc(F)c2n[se]nc12. The van der Waals surface area contributed by atoms with Gasteiger partial charge in [-0.2, -0.15) is 0 Å². The van der Waals surface area contributed by atoms with Gasteiger partial charge in [0.25, 0.3) is 0 Å². The molecule has 0 N–H and O–H groups in total. The Hall–Kier alpha value is -0.821.